The molecule has 5 nitrogen and oxygen atoms in total. The summed E-state index contributed by atoms with van der Waals surface area (Å²) in [5.41, 5.74) is 1.04. The van der Waals surface area contributed by atoms with Gasteiger partial charge in [0.25, 0.3) is 0 Å². The first-order valence-electron chi connectivity index (χ1n) is 6.48. The Bertz CT molecular complexity index is 522. The molecule has 1 aromatic carbocycles. The van der Waals surface area contributed by atoms with E-state index in [0.29, 0.717) is 5.92 Å². The lowest BCUT2D eigenvalue weighted by atomic mass is 10.2. The minimum absolute atomic E-state index is 0.358. The lowest BCUT2D eigenvalue weighted by molar-refractivity contribution is 0.415. The van der Waals surface area contributed by atoms with Gasteiger partial charge in [-0.15, -0.1) is 0 Å². The first-order valence-corrected chi connectivity index (χ1v) is 6.48. The number of aromatic amines is 1. The predicted molar refractivity (Wildman–Crippen MR) is 75.7 cm³/mol. The van der Waals surface area contributed by atoms with Crippen molar-refractivity contribution in [2.75, 3.05) is 19.0 Å². The Labute approximate surface area is 113 Å². The Morgan fingerprint density at radius 2 is 2.21 bits per heavy atom. The predicted octanol–water partition coefficient (Wildman–Crippen LogP) is 2.59. The van der Waals surface area contributed by atoms with Crippen LogP contribution in [0.2, 0.25) is 0 Å². The van der Waals surface area contributed by atoms with Crippen LogP contribution < -0.4 is 10.1 Å². The normalized spacial score (nSPS) is 10.7. The van der Waals surface area contributed by atoms with Crippen LogP contribution in [0.1, 0.15) is 31.4 Å². The first kappa shape index (κ1) is 13.4. The Morgan fingerprint density at radius 3 is 2.89 bits per heavy atom. The number of hydrogen-bond donors (Lipinski definition) is 2. The SMILES string of the molecule is COc1cccc(NCCc2nc(C(C)C)n[nH]2)c1. The quantitative estimate of drug-likeness (QED) is 0.838. The number of rotatable bonds is 6. The molecule has 0 bridgehead atoms. The van der Waals surface area contributed by atoms with Gasteiger partial charge in [0.2, 0.25) is 0 Å². The molecule has 0 fully saturated rings. The standard InChI is InChI=1S/C14H20N4O/c1-10(2)14-16-13(17-18-14)7-8-15-11-5-4-6-12(9-11)19-3/h4-6,9-10,15H,7-8H2,1-3H3,(H,16,17,18). The van der Waals surface area contributed by atoms with E-state index in [0.717, 1.165) is 36.1 Å². The topological polar surface area (TPSA) is 62.8 Å². The number of aromatic nitrogens is 3. The molecule has 0 aliphatic heterocycles. The fraction of sp³-hybridized carbons (Fsp3) is 0.429. The van der Waals surface area contributed by atoms with E-state index in [4.69, 9.17) is 4.74 Å². The molecule has 0 radical (unpaired) electrons. The molecule has 102 valence electrons. The van der Waals surface area contributed by atoms with E-state index < -0.39 is 0 Å². The van der Waals surface area contributed by atoms with Gasteiger partial charge in [0.05, 0.1) is 7.11 Å². The maximum Gasteiger partial charge on any atom is 0.153 e. The summed E-state index contributed by atoms with van der Waals surface area (Å²) in [6, 6.07) is 7.88. The molecule has 1 heterocycles. The summed E-state index contributed by atoms with van der Waals surface area (Å²) < 4.78 is 5.18. The molecule has 2 aromatic rings. The number of nitrogens with one attached hydrogen (secondary N) is 2. The van der Waals surface area contributed by atoms with Crippen LogP contribution in [-0.4, -0.2) is 28.8 Å². The van der Waals surface area contributed by atoms with E-state index >= 15 is 0 Å². The zero-order valence-electron chi connectivity index (χ0n) is 11.6. The van der Waals surface area contributed by atoms with E-state index in [2.05, 4.69) is 34.3 Å². The van der Waals surface area contributed by atoms with Gasteiger partial charge in [0, 0.05) is 30.6 Å². The molecule has 1 aromatic heterocycles. The Balaban J connectivity index is 1.85. The summed E-state index contributed by atoms with van der Waals surface area (Å²) in [6.45, 7) is 4.97. The highest BCUT2D eigenvalue weighted by molar-refractivity contribution is 5.48. The van der Waals surface area contributed by atoms with E-state index in [1.165, 1.54) is 0 Å². The highest BCUT2D eigenvalue weighted by Gasteiger charge is 2.06. The fourth-order valence-corrected chi connectivity index (χ4v) is 1.74. The molecule has 0 aliphatic carbocycles. The van der Waals surface area contributed by atoms with Gasteiger partial charge in [0.15, 0.2) is 5.82 Å². The third kappa shape index (κ3) is 3.71. The lowest BCUT2D eigenvalue weighted by Gasteiger charge is -2.06. The first-order chi connectivity index (χ1) is 9.19. The molecular formula is C14H20N4O. The van der Waals surface area contributed by atoms with Crippen molar-refractivity contribution in [2.24, 2.45) is 0 Å². The molecule has 5 heteroatoms. The molecule has 2 N–H and O–H groups in total. The van der Waals surface area contributed by atoms with Gasteiger partial charge in [0.1, 0.15) is 11.6 Å². The number of ether oxygens (including phenoxy) is 1. The molecule has 0 aliphatic rings. The molecule has 0 amide bonds. The van der Waals surface area contributed by atoms with E-state index in [1.54, 1.807) is 7.11 Å². The van der Waals surface area contributed by atoms with Crippen LogP contribution in [0.15, 0.2) is 24.3 Å². The van der Waals surface area contributed by atoms with Crippen LogP contribution in [0.3, 0.4) is 0 Å². The van der Waals surface area contributed by atoms with Crippen molar-refractivity contribution in [3.8, 4) is 5.75 Å². The van der Waals surface area contributed by atoms with Crippen molar-refractivity contribution in [3.05, 3.63) is 35.9 Å². The average Bonchev–Trinajstić information content (AvgIpc) is 2.88. The maximum atomic E-state index is 5.18. The smallest absolute Gasteiger partial charge is 0.153 e. The zero-order valence-corrected chi connectivity index (χ0v) is 11.6. The van der Waals surface area contributed by atoms with E-state index in [-0.39, 0.29) is 0 Å². The van der Waals surface area contributed by atoms with Crippen molar-refractivity contribution in [1.82, 2.24) is 15.2 Å². The highest BCUT2D eigenvalue weighted by Crippen LogP contribution is 2.16. The third-order valence-electron chi connectivity index (χ3n) is 2.83. The van der Waals surface area contributed by atoms with Crippen LogP contribution in [0.5, 0.6) is 5.75 Å². The molecule has 0 unspecified atom stereocenters. The van der Waals surface area contributed by atoms with Gasteiger partial charge in [-0.2, -0.15) is 5.10 Å². The molecule has 19 heavy (non-hydrogen) atoms. The Hall–Kier alpha value is -2.04. The van der Waals surface area contributed by atoms with Crippen molar-refractivity contribution in [2.45, 2.75) is 26.2 Å². The second kappa shape index (κ2) is 6.22. The monoisotopic (exact) mass is 260 g/mol. The van der Waals surface area contributed by atoms with Crippen molar-refractivity contribution in [1.29, 1.82) is 0 Å². The zero-order chi connectivity index (χ0) is 13.7. The van der Waals surface area contributed by atoms with Crippen LogP contribution in [0.25, 0.3) is 0 Å². The van der Waals surface area contributed by atoms with E-state index in [1.807, 2.05) is 24.3 Å². The molecule has 0 saturated heterocycles. The summed E-state index contributed by atoms with van der Waals surface area (Å²) in [7, 11) is 1.67. The number of nitrogens with zero attached hydrogens (tertiary/aromatic N) is 2. The van der Waals surface area contributed by atoms with Gasteiger partial charge in [-0.25, -0.2) is 4.98 Å². The highest BCUT2D eigenvalue weighted by atomic mass is 16.5. The number of anilines is 1. The third-order valence-corrected chi connectivity index (χ3v) is 2.83. The molecule has 0 saturated carbocycles. The minimum atomic E-state index is 0.358. The second-order valence-electron chi connectivity index (χ2n) is 4.70. The van der Waals surface area contributed by atoms with Gasteiger partial charge < -0.3 is 10.1 Å². The molecule has 0 spiro atoms. The largest absolute Gasteiger partial charge is 0.497 e. The van der Waals surface area contributed by atoms with Gasteiger partial charge in [-0.05, 0) is 12.1 Å². The van der Waals surface area contributed by atoms with Crippen molar-refractivity contribution in [3.63, 3.8) is 0 Å². The number of benzene rings is 1. The number of hydrogen-bond acceptors (Lipinski definition) is 4. The van der Waals surface area contributed by atoms with Crippen LogP contribution in [0.4, 0.5) is 5.69 Å². The second-order valence-corrected chi connectivity index (χ2v) is 4.70. The van der Waals surface area contributed by atoms with Gasteiger partial charge >= 0.3 is 0 Å². The molecule has 2 rings (SSSR count). The van der Waals surface area contributed by atoms with Crippen LogP contribution in [-0.2, 0) is 6.42 Å². The Kier molecular flexibility index (Phi) is 4.39. The summed E-state index contributed by atoms with van der Waals surface area (Å²) in [5.74, 6) is 3.00. The van der Waals surface area contributed by atoms with Crippen molar-refractivity contribution >= 4 is 5.69 Å². The Morgan fingerprint density at radius 1 is 1.37 bits per heavy atom. The maximum absolute atomic E-state index is 5.18. The fourth-order valence-electron chi connectivity index (χ4n) is 1.74. The average molecular weight is 260 g/mol. The summed E-state index contributed by atoms with van der Waals surface area (Å²) in [5, 5.41) is 10.5. The summed E-state index contributed by atoms with van der Waals surface area (Å²) in [4.78, 5) is 4.44. The van der Waals surface area contributed by atoms with E-state index in [9.17, 15) is 0 Å². The minimum Gasteiger partial charge on any atom is -0.497 e. The van der Waals surface area contributed by atoms with Crippen molar-refractivity contribution < 1.29 is 4.74 Å². The lowest BCUT2D eigenvalue weighted by Crippen LogP contribution is -2.06. The summed E-state index contributed by atoms with van der Waals surface area (Å²) >= 11 is 0. The van der Waals surface area contributed by atoms with Crippen LogP contribution in [0, 0.1) is 0 Å². The van der Waals surface area contributed by atoms with Crippen LogP contribution >= 0.6 is 0 Å². The van der Waals surface area contributed by atoms with Gasteiger partial charge in [-0.1, -0.05) is 19.9 Å². The number of methoxy groups -OCH3 is 1. The molecular weight excluding hydrogens is 240 g/mol. The summed E-state index contributed by atoms with van der Waals surface area (Å²) in [6.07, 6.45) is 0.816. The number of H-pyrrole nitrogens is 1. The molecule has 0 atom stereocenters. The van der Waals surface area contributed by atoms with Gasteiger partial charge in [-0.3, -0.25) is 5.10 Å².